The molecule has 2 aliphatic rings. The van der Waals surface area contributed by atoms with E-state index < -0.39 is 5.60 Å². The second kappa shape index (κ2) is 7.28. The number of nitrogens with two attached hydrogens (primary N) is 1. The van der Waals surface area contributed by atoms with E-state index in [0.29, 0.717) is 25.5 Å². The quantitative estimate of drug-likeness (QED) is 0.719. The first-order valence-electron chi connectivity index (χ1n) is 10.4. The number of piperidine rings is 1. The third kappa shape index (κ3) is 3.27. The van der Waals surface area contributed by atoms with Gasteiger partial charge in [0.25, 0.3) is 0 Å². The van der Waals surface area contributed by atoms with E-state index >= 15 is 0 Å². The van der Waals surface area contributed by atoms with Gasteiger partial charge < -0.3 is 15.4 Å². The number of benzene rings is 1. The van der Waals surface area contributed by atoms with Crippen molar-refractivity contribution in [3.05, 3.63) is 59.5 Å². The minimum atomic E-state index is -0.411. The monoisotopic (exact) mass is 406 g/mol. The minimum absolute atomic E-state index is 0.0329. The Labute approximate surface area is 175 Å². The van der Waals surface area contributed by atoms with E-state index in [4.69, 9.17) is 15.6 Å². The Kier molecular flexibility index (Phi) is 4.58. The standard InChI is InChI=1S/C22H26N6O2/c1-16-13-19(23)28(24-16)15-20(29)26-10-8-22(9-11-26)21-17(7-12-30-22)14-27(25-21)18-5-3-2-4-6-18/h2-6,13-14H,7-12,15,23H2,1H3. The van der Waals surface area contributed by atoms with E-state index in [-0.39, 0.29) is 12.5 Å². The zero-order valence-corrected chi connectivity index (χ0v) is 17.1. The van der Waals surface area contributed by atoms with E-state index in [0.717, 1.165) is 36.3 Å². The number of ether oxygens (including phenoxy) is 1. The highest BCUT2D eigenvalue weighted by atomic mass is 16.5. The van der Waals surface area contributed by atoms with Gasteiger partial charge in [0.15, 0.2) is 0 Å². The van der Waals surface area contributed by atoms with Crippen LogP contribution in [0.15, 0.2) is 42.6 Å². The molecule has 1 spiro atoms. The Bertz CT molecular complexity index is 1060. The van der Waals surface area contributed by atoms with Crippen molar-refractivity contribution in [1.29, 1.82) is 0 Å². The third-order valence-electron chi connectivity index (χ3n) is 6.13. The molecule has 1 saturated heterocycles. The van der Waals surface area contributed by atoms with E-state index in [2.05, 4.69) is 23.4 Å². The number of hydrogen-bond acceptors (Lipinski definition) is 5. The zero-order chi connectivity index (χ0) is 20.7. The molecular weight excluding hydrogens is 380 g/mol. The molecule has 1 aromatic carbocycles. The summed E-state index contributed by atoms with van der Waals surface area (Å²) < 4.78 is 9.81. The van der Waals surface area contributed by atoms with Crippen LogP contribution in [0.1, 0.15) is 29.8 Å². The van der Waals surface area contributed by atoms with Crippen molar-refractivity contribution >= 4 is 11.7 Å². The van der Waals surface area contributed by atoms with Crippen molar-refractivity contribution in [2.45, 2.75) is 38.3 Å². The van der Waals surface area contributed by atoms with Gasteiger partial charge in [0.2, 0.25) is 5.91 Å². The Hall–Kier alpha value is -3.13. The molecule has 30 heavy (non-hydrogen) atoms. The van der Waals surface area contributed by atoms with Gasteiger partial charge in [-0.25, -0.2) is 9.36 Å². The van der Waals surface area contributed by atoms with Crippen LogP contribution in [0.2, 0.25) is 0 Å². The maximum Gasteiger partial charge on any atom is 0.244 e. The number of likely N-dealkylation sites (tertiary alicyclic amines) is 1. The van der Waals surface area contributed by atoms with Gasteiger partial charge >= 0.3 is 0 Å². The fourth-order valence-electron chi connectivity index (χ4n) is 4.53. The topological polar surface area (TPSA) is 91.2 Å². The van der Waals surface area contributed by atoms with Crippen LogP contribution < -0.4 is 5.73 Å². The number of fused-ring (bicyclic) bond motifs is 2. The molecule has 2 N–H and O–H groups in total. The number of aromatic nitrogens is 4. The summed E-state index contributed by atoms with van der Waals surface area (Å²) in [6, 6.07) is 11.9. The van der Waals surface area contributed by atoms with Crippen LogP contribution in [-0.2, 0) is 28.1 Å². The summed E-state index contributed by atoms with van der Waals surface area (Å²) in [6.07, 6.45) is 4.47. The minimum Gasteiger partial charge on any atom is -0.384 e. The van der Waals surface area contributed by atoms with Gasteiger partial charge in [-0.1, -0.05) is 18.2 Å². The summed E-state index contributed by atoms with van der Waals surface area (Å²) in [5, 5.41) is 9.20. The normalized spacial score (nSPS) is 17.8. The van der Waals surface area contributed by atoms with Crippen molar-refractivity contribution in [1.82, 2.24) is 24.5 Å². The molecule has 0 radical (unpaired) electrons. The number of para-hydroxylation sites is 1. The van der Waals surface area contributed by atoms with Gasteiger partial charge in [-0.05, 0) is 43.9 Å². The molecule has 156 valence electrons. The number of nitrogen functional groups attached to an aromatic ring is 1. The number of aryl methyl sites for hydroxylation is 1. The molecule has 2 aromatic heterocycles. The van der Waals surface area contributed by atoms with E-state index in [9.17, 15) is 4.79 Å². The van der Waals surface area contributed by atoms with Crippen molar-refractivity contribution < 1.29 is 9.53 Å². The molecule has 0 aliphatic carbocycles. The number of anilines is 1. The molecule has 0 atom stereocenters. The van der Waals surface area contributed by atoms with E-state index in [1.807, 2.05) is 34.7 Å². The first kappa shape index (κ1) is 18.9. The lowest BCUT2D eigenvalue weighted by molar-refractivity contribution is -0.141. The SMILES string of the molecule is Cc1cc(N)n(CC(=O)N2CCC3(CC2)OCCc2cn(-c4ccccc4)nc23)n1. The largest absolute Gasteiger partial charge is 0.384 e. The van der Waals surface area contributed by atoms with Crippen molar-refractivity contribution in [3.63, 3.8) is 0 Å². The zero-order valence-electron chi connectivity index (χ0n) is 17.1. The van der Waals surface area contributed by atoms with E-state index in [1.54, 1.807) is 10.7 Å². The van der Waals surface area contributed by atoms with Crippen LogP contribution in [0.3, 0.4) is 0 Å². The number of carbonyl (C=O) groups excluding carboxylic acids is 1. The van der Waals surface area contributed by atoms with Crippen LogP contribution in [-0.4, -0.2) is 50.1 Å². The maximum absolute atomic E-state index is 12.8. The number of nitrogens with zero attached hydrogens (tertiary/aromatic N) is 5. The fourth-order valence-corrected chi connectivity index (χ4v) is 4.53. The molecule has 2 aliphatic heterocycles. The van der Waals surface area contributed by atoms with Gasteiger partial charge in [0.05, 0.1) is 23.7 Å². The van der Waals surface area contributed by atoms with Gasteiger partial charge in [-0.15, -0.1) is 0 Å². The molecule has 8 nitrogen and oxygen atoms in total. The lowest BCUT2D eigenvalue weighted by atomic mass is 9.84. The molecule has 5 rings (SSSR count). The summed E-state index contributed by atoms with van der Waals surface area (Å²) in [6.45, 7) is 3.99. The van der Waals surface area contributed by atoms with Crippen molar-refractivity contribution in [3.8, 4) is 5.69 Å². The molecule has 1 amide bonds. The Morgan fingerprint density at radius 1 is 1.20 bits per heavy atom. The smallest absolute Gasteiger partial charge is 0.244 e. The maximum atomic E-state index is 12.8. The molecule has 3 aromatic rings. The highest BCUT2D eigenvalue weighted by Crippen LogP contribution is 2.41. The van der Waals surface area contributed by atoms with Crippen LogP contribution in [0.4, 0.5) is 5.82 Å². The Balaban J connectivity index is 1.32. The highest BCUT2D eigenvalue weighted by molar-refractivity contribution is 5.76. The predicted octanol–water partition coefficient (Wildman–Crippen LogP) is 2.05. The first-order valence-corrected chi connectivity index (χ1v) is 10.4. The van der Waals surface area contributed by atoms with Crippen molar-refractivity contribution in [2.24, 2.45) is 0 Å². The van der Waals surface area contributed by atoms with Gasteiger partial charge in [0, 0.05) is 25.4 Å². The summed E-state index contributed by atoms with van der Waals surface area (Å²) in [7, 11) is 0. The first-order chi connectivity index (χ1) is 14.5. The third-order valence-corrected chi connectivity index (χ3v) is 6.13. The summed E-state index contributed by atoms with van der Waals surface area (Å²) >= 11 is 0. The number of rotatable bonds is 3. The molecule has 1 fully saturated rings. The van der Waals surface area contributed by atoms with Crippen LogP contribution in [0.25, 0.3) is 5.69 Å². The second-order valence-electron chi connectivity index (χ2n) is 8.12. The molecule has 8 heteroatoms. The number of amides is 1. The molecule has 0 bridgehead atoms. The predicted molar refractivity (Wildman–Crippen MR) is 112 cm³/mol. The summed E-state index contributed by atoms with van der Waals surface area (Å²) in [5.74, 6) is 0.548. The van der Waals surface area contributed by atoms with Crippen molar-refractivity contribution in [2.75, 3.05) is 25.4 Å². The fraction of sp³-hybridized carbons (Fsp3) is 0.409. The summed E-state index contributed by atoms with van der Waals surface area (Å²) in [4.78, 5) is 14.7. The molecule has 0 unspecified atom stereocenters. The average molecular weight is 406 g/mol. The lowest BCUT2D eigenvalue weighted by Gasteiger charge is -2.43. The lowest BCUT2D eigenvalue weighted by Crippen LogP contribution is -2.49. The van der Waals surface area contributed by atoms with E-state index in [1.165, 1.54) is 5.56 Å². The van der Waals surface area contributed by atoms with Gasteiger partial charge in [-0.2, -0.15) is 10.2 Å². The Morgan fingerprint density at radius 3 is 2.67 bits per heavy atom. The molecule has 4 heterocycles. The Morgan fingerprint density at radius 2 is 1.97 bits per heavy atom. The highest BCUT2D eigenvalue weighted by Gasteiger charge is 2.44. The van der Waals surface area contributed by atoms with Gasteiger partial charge in [-0.3, -0.25) is 4.79 Å². The number of hydrogen-bond donors (Lipinski definition) is 1. The molecule has 0 saturated carbocycles. The average Bonchev–Trinajstić information content (AvgIpc) is 3.33. The summed E-state index contributed by atoms with van der Waals surface area (Å²) in [5.41, 5.74) is 9.65. The second-order valence-corrected chi connectivity index (χ2v) is 8.12. The van der Waals surface area contributed by atoms with Crippen LogP contribution >= 0.6 is 0 Å². The van der Waals surface area contributed by atoms with Crippen LogP contribution in [0, 0.1) is 6.92 Å². The molecular formula is C22H26N6O2. The van der Waals surface area contributed by atoms with Gasteiger partial charge in [0.1, 0.15) is 18.0 Å². The number of carbonyl (C=O) groups is 1. The van der Waals surface area contributed by atoms with Crippen LogP contribution in [0.5, 0.6) is 0 Å².